The minimum absolute atomic E-state index is 0.190. The first-order chi connectivity index (χ1) is 15.1. The number of likely N-dealkylation sites (tertiary alicyclic amines) is 1. The van der Waals surface area contributed by atoms with Crippen LogP contribution in [0.25, 0.3) is 0 Å². The van der Waals surface area contributed by atoms with Crippen LogP contribution < -0.4 is 0 Å². The van der Waals surface area contributed by atoms with Crippen molar-refractivity contribution < 1.29 is 20.4 Å². The second kappa shape index (κ2) is 19.3. The molecule has 0 aromatic carbocycles. The fourth-order valence-corrected chi connectivity index (χ4v) is 4.85. The molecule has 5 nitrogen and oxygen atoms in total. The Morgan fingerprint density at radius 1 is 0.581 bits per heavy atom. The summed E-state index contributed by atoms with van der Waals surface area (Å²) in [4.78, 5) is 1.93. The predicted octanol–water partition coefficient (Wildman–Crippen LogP) is 4.79. The van der Waals surface area contributed by atoms with Gasteiger partial charge in [0.25, 0.3) is 0 Å². The summed E-state index contributed by atoms with van der Waals surface area (Å²) in [6.07, 6.45) is 21.1. The van der Waals surface area contributed by atoms with Crippen molar-refractivity contribution in [1.29, 1.82) is 0 Å². The molecule has 0 spiro atoms. The Bertz CT molecular complexity index is 396. The van der Waals surface area contributed by atoms with Gasteiger partial charge in [-0.15, -0.1) is 0 Å². The van der Waals surface area contributed by atoms with Crippen LogP contribution in [-0.2, 0) is 0 Å². The van der Waals surface area contributed by atoms with Gasteiger partial charge in [-0.3, -0.25) is 4.90 Å². The lowest BCUT2D eigenvalue weighted by Gasteiger charge is -2.43. The molecule has 1 heterocycles. The summed E-state index contributed by atoms with van der Waals surface area (Å²) >= 11 is 0. The third-order valence-electron chi connectivity index (χ3n) is 7.01. The highest BCUT2D eigenvalue weighted by Gasteiger charge is 2.40. The fraction of sp³-hybridized carbons (Fsp3) is 1.00. The molecule has 5 heteroatoms. The number of hydrogen-bond acceptors (Lipinski definition) is 5. The summed E-state index contributed by atoms with van der Waals surface area (Å²) in [7, 11) is 0. The van der Waals surface area contributed by atoms with Crippen LogP contribution in [0, 0.1) is 0 Å². The molecule has 31 heavy (non-hydrogen) atoms. The largest absolute Gasteiger partial charge is 0.395 e. The first-order valence-electron chi connectivity index (χ1n) is 13.5. The highest BCUT2D eigenvalue weighted by molar-refractivity contribution is 4.93. The second-order valence-corrected chi connectivity index (χ2v) is 9.80. The number of aliphatic hydroxyl groups excluding tert-OH is 4. The van der Waals surface area contributed by atoms with Crippen LogP contribution in [0.15, 0.2) is 0 Å². The minimum Gasteiger partial charge on any atom is -0.395 e. The quantitative estimate of drug-likeness (QED) is 0.203. The van der Waals surface area contributed by atoms with Crippen LogP contribution in [-0.4, -0.2) is 69.4 Å². The third-order valence-corrected chi connectivity index (χ3v) is 7.01. The molecule has 0 radical (unpaired) electrons. The van der Waals surface area contributed by atoms with Gasteiger partial charge in [0, 0.05) is 6.54 Å². The SMILES string of the molecule is CCCCCCCCCCCCCCCCCCCCN1C[C@H](O)[C@@H](O)[C@H](O)[C@H]1CO. The second-order valence-electron chi connectivity index (χ2n) is 9.80. The number of aliphatic hydroxyl groups is 4. The fourth-order valence-electron chi connectivity index (χ4n) is 4.85. The summed E-state index contributed by atoms with van der Waals surface area (Å²) in [6.45, 7) is 3.16. The van der Waals surface area contributed by atoms with Gasteiger partial charge in [0.1, 0.15) is 12.2 Å². The first kappa shape index (κ1) is 28.8. The monoisotopic (exact) mass is 443 g/mol. The summed E-state index contributed by atoms with van der Waals surface area (Å²) in [5.41, 5.74) is 0. The number of nitrogens with zero attached hydrogens (tertiary/aromatic N) is 1. The molecular formula is C26H53NO4. The maximum absolute atomic E-state index is 10.0. The average molecular weight is 444 g/mol. The standard InChI is InChI=1S/C26H53NO4/c1-2-3-4-5-6-7-8-9-10-11-12-13-14-15-16-17-18-19-20-27-21-24(29)26(31)25(30)23(27)22-28/h23-26,28-31H,2-22H2,1H3/t23-,24+,25-,26-/m1/s1. The zero-order valence-electron chi connectivity index (χ0n) is 20.4. The number of unbranched alkanes of at least 4 members (excludes halogenated alkanes) is 17. The lowest BCUT2D eigenvalue weighted by Crippen LogP contribution is -2.62. The molecule has 1 saturated heterocycles. The van der Waals surface area contributed by atoms with Crippen LogP contribution in [0.2, 0.25) is 0 Å². The average Bonchev–Trinajstić information content (AvgIpc) is 2.77. The maximum atomic E-state index is 10.0. The van der Waals surface area contributed by atoms with Crippen molar-refractivity contribution in [3.05, 3.63) is 0 Å². The van der Waals surface area contributed by atoms with Gasteiger partial charge in [-0.25, -0.2) is 0 Å². The van der Waals surface area contributed by atoms with Crippen molar-refractivity contribution >= 4 is 0 Å². The molecule has 0 saturated carbocycles. The van der Waals surface area contributed by atoms with E-state index in [1.165, 1.54) is 103 Å². The van der Waals surface area contributed by atoms with E-state index in [1.807, 2.05) is 4.90 Å². The first-order valence-corrected chi connectivity index (χ1v) is 13.5. The molecule has 1 rings (SSSR count). The number of rotatable bonds is 20. The van der Waals surface area contributed by atoms with Crippen molar-refractivity contribution in [1.82, 2.24) is 4.90 Å². The van der Waals surface area contributed by atoms with E-state index in [-0.39, 0.29) is 6.61 Å². The number of β-amino-alcohol motifs (C(OH)–C–C–N with tert-alkyl or cyclic N) is 1. The van der Waals surface area contributed by atoms with Crippen LogP contribution in [0.5, 0.6) is 0 Å². The summed E-state index contributed by atoms with van der Waals surface area (Å²) in [5, 5.41) is 39.1. The third kappa shape index (κ3) is 13.2. The van der Waals surface area contributed by atoms with Crippen molar-refractivity contribution in [2.24, 2.45) is 0 Å². The van der Waals surface area contributed by atoms with Gasteiger partial charge in [-0.05, 0) is 13.0 Å². The molecule has 0 aromatic rings. The van der Waals surface area contributed by atoms with Crippen molar-refractivity contribution in [2.45, 2.75) is 147 Å². The molecule has 1 fully saturated rings. The maximum Gasteiger partial charge on any atom is 0.109 e. The lowest BCUT2D eigenvalue weighted by atomic mass is 9.94. The predicted molar refractivity (Wildman–Crippen MR) is 129 cm³/mol. The Morgan fingerprint density at radius 3 is 1.35 bits per heavy atom. The number of hydrogen-bond donors (Lipinski definition) is 4. The van der Waals surface area contributed by atoms with Gasteiger partial charge >= 0.3 is 0 Å². The smallest absolute Gasteiger partial charge is 0.109 e. The lowest BCUT2D eigenvalue weighted by molar-refractivity contribution is -0.145. The van der Waals surface area contributed by atoms with E-state index < -0.39 is 24.4 Å². The van der Waals surface area contributed by atoms with E-state index in [9.17, 15) is 20.4 Å². The van der Waals surface area contributed by atoms with Gasteiger partial charge in [0.15, 0.2) is 0 Å². The van der Waals surface area contributed by atoms with E-state index in [1.54, 1.807) is 0 Å². The molecule has 186 valence electrons. The van der Waals surface area contributed by atoms with E-state index in [4.69, 9.17) is 0 Å². The molecule has 4 atom stereocenters. The van der Waals surface area contributed by atoms with Gasteiger partial charge in [-0.2, -0.15) is 0 Å². The van der Waals surface area contributed by atoms with Crippen molar-refractivity contribution in [2.75, 3.05) is 19.7 Å². The molecule has 0 bridgehead atoms. The zero-order valence-corrected chi connectivity index (χ0v) is 20.4. The van der Waals surface area contributed by atoms with E-state index in [2.05, 4.69) is 6.92 Å². The Kier molecular flexibility index (Phi) is 17.9. The Labute approximate surface area is 192 Å². The summed E-state index contributed by atoms with van der Waals surface area (Å²) in [6, 6.07) is -0.468. The van der Waals surface area contributed by atoms with E-state index >= 15 is 0 Å². The van der Waals surface area contributed by atoms with Crippen LogP contribution >= 0.6 is 0 Å². The molecule has 4 N–H and O–H groups in total. The van der Waals surface area contributed by atoms with E-state index in [0.29, 0.717) is 6.54 Å². The minimum atomic E-state index is -1.16. The van der Waals surface area contributed by atoms with Crippen molar-refractivity contribution in [3.63, 3.8) is 0 Å². The summed E-state index contributed by atoms with van der Waals surface area (Å²) < 4.78 is 0. The molecule has 0 aliphatic carbocycles. The zero-order chi connectivity index (χ0) is 22.7. The van der Waals surface area contributed by atoms with Gasteiger partial charge < -0.3 is 20.4 Å². The molecule has 1 aliphatic heterocycles. The van der Waals surface area contributed by atoms with Gasteiger partial charge in [-0.1, -0.05) is 116 Å². The summed E-state index contributed by atoms with van der Waals surface area (Å²) in [5.74, 6) is 0. The molecular weight excluding hydrogens is 390 g/mol. The van der Waals surface area contributed by atoms with Crippen LogP contribution in [0.1, 0.15) is 122 Å². The molecule has 0 aromatic heterocycles. The Balaban J connectivity index is 1.84. The van der Waals surface area contributed by atoms with Crippen LogP contribution in [0.3, 0.4) is 0 Å². The Hall–Kier alpha value is -0.200. The molecule has 0 amide bonds. The topological polar surface area (TPSA) is 84.2 Å². The Morgan fingerprint density at radius 2 is 0.968 bits per heavy atom. The highest BCUT2D eigenvalue weighted by Crippen LogP contribution is 2.20. The van der Waals surface area contributed by atoms with E-state index in [0.717, 1.165) is 19.4 Å². The molecule has 0 unspecified atom stereocenters. The van der Waals surface area contributed by atoms with Gasteiger partial charge in [0.05, 0.1) is 18.8 Å². The van der Waals surface area contributed by atoms with Gasteiger partial charge in [0.2, 0.25) is 0 Å². The number of piperidine rings is 1. The normalized spacial score (nSPS) is 24.7. The van der Waals surface area contributed by atoms with Crippen LogP contribution in [0.4, 0.5) is 0 Å². The molecule has 1 aliphatic rings. The highest BCUT2D eigenvalue weighted by atomic mass is 16.4. The van der Waals surface area contributed by atoms with Crippen molar-refractivity contribution in [3.8, 4) is 0 Å².